The highest BCUT2D eigenvalue weighted by atomic mass is 79.9. The fraction of sp³-hybridized carbons (Fsp3) is 0.0625. The molecule has 2 amide bonds. The molecule has 0 aliphatic heterocycles. The third-order valence-electron chi connectivity index (χ3n) is 3.05. The smallest absolute Gasteiger partial charge is 0.258 e. The van der Waals surface area contributed by atoms with Crippen LogP contribution in [0.1, 0.15) is 17.3 Å². The highest BCUT2D eigenvalue weighted by Crippen LogP contribution is 2.29. The first-order valence-electron chi connectivity index (χ1n) is 6.77. The molecule has 5 nitrogen and oxygen atoms in total. The summed E-state index contributed by atoms with van der Waals surface area (Å²) in [6.07, 6.45) is 0. The number of carbonyl (C=O) groups excluding carboxylic acids is 2. The van der Waals surface area contributed by atoms with Gasteiger partial charge in [0.25, 0.3) is 5.91 Å². The number of hydrogen-bond acceptors (Lipinski definition) is 4. The van der Waals surface area contributed by atoms with Gasteiger partial charge in [-0.15, -0.1) is 0 Å². The molecule has 0 saturated carbocycles. The Hall–Kier alpha value is -2.25. The van der Waals surface area contributed by atoms with Gasteiger partial charge in [0, 0.05) is 17.1 Å². The Morgan fingerprint density at radius 3 is 2.65 bits per heavy atom. The zero-order valence-electron chi connectivity index (χ0n) is 12.1. The van der Waals surface area contributed by atoms with Gasteiger partial charge in [0.15, 0.2) is 5.13 Å². The number of amides is 2. The van der Waals surface area contributed by atoms with E-state index in [0.29, 0.717) is 16.4 Å². The predicted octanol–water partition coefficient (Wildman–Crippen LogP) is 4.27. The van der Waals surface area contributed by atoms with Crippen molar-refractivity contribution in [2.24, 2.45) is 0 Å². The highest BCUT2D eigenvalue weighted by Gasteiger charge is 2.12. The van der Waals surface area contributed by atoms with Gasteiger partial charge in [0.1, 0.15) is 0 Å². The Morgan fingerprint density at radius 2 is 1.91 bits per heavy atom. The van der Waals surface area contributed by atoms with Crippen LogP contribution in [0.5, 0.6) is 0 Å². The molecule has 1 aromatic heterocycles. The van der Waals surface area contributed by atoms with Crippen LogP contribution in [0.15, 0.2) is 46.9 Å². The minimum Gasteiger partial charge on any atom is -0.326 e. The van der Waals surface area contributed by atoms with Crippen molar-refractivity contribution in [2.45, 2.75) is 6.92 Å². The number of rotatable bonds is 3. The largest absolute Gasteiger partial charge is 0.326 e. The molecule has 1 heterocycles. The number of benzene rings is 2. The molecule has 2 aromatic carbocycles. The summed E-state index contributed by atoms with van der Waals surface area (Å²) in [4.78, 5) is 27.8. The van der Waals surface area contributed by atoms with Gasteiger partial charge in [-0.2, -0.15) is 0 Å². The Morgan fingerprint density at radius 1 is 1.13 bits per heavy atom. The van der Waals surface area contributed by atoms with E-state index in [1.807, 2.05) is 24.3 Å². The second-order valence-corrected chi connectivity index (χ2v) is 6.70. The molecule has 0 radical (unpaired) electrons. The summed E-state index contributed by atoms with van der Waals surface area (Å²) >= 11 is 4.72. The van der Waals surface area contributed by atoms with Crippen LogP contribution in [-0.2, 0) is 4.79 Å². The number of halogens is 1. The normalized spacial score (nSPS) is 10.5. The number of aromatic nitrogens is 1. The minimum atomic E-state index is -0.224. The molecular weight excluding hydrogens is 378 g/mol. The molecule has 0 fully saturated rings. The molecule has 2 N–H and O–H groups in total. The molecule has 0 aliphatic rings. The van der Waals surface area contributed by atoms with Crippen LogP contribution in [0, 0.1) is 0 Å². The van der Waals surface area contributed by atoms with Gasteiger partial charge in [0.2, 0.25) is 5.91 Å². The third kappa shape index (κ3) is 3.57. The SMILES string of the molecule is CC(=O)Nc1ccc2nc(NC(=O)c3ccccc3Br)sc2c1. The second kappa shape index (κ2) is 6.47. The van der Waals surface area contributed by atoms with Crippen molar-refractivity contribution < 1.29 is 9.59 Å². The van der Waals surface area contributed by atoms with Crippen LogP contribution in [0.25, 0.3) is 10.2 Å². The summed E-state index contributed by atoms with van der Waals surface area (Å²) < 4.78 is 1.62. The van der Waals surface area contributed by atoms with E-state index in [2.05, 4.69) is 31.5 Å². The molecule has 0 spiro atoms. The second-order valence-electron chi connectivity index (χ2n) is 4.82. The van der Waals surface area contributed by atoms with Crippen LogP contribution in [-0.4, -0.2) is 16.8 Å². The summed E-state index contributed by atoms with van der Waals surface area (Å²) in [6, 6.07) is 12.6. The number of thiazole rings is 1. The van der Waals surface area contributed by atoms with Gasteiger partial charge < -0.3 is 5.32 Å². The lowest BCUT2D eigenvalue weighted by atomic mass is 10.2. The molecule has 3 rings (SSSR count). The number of anilines is 2. The monoisotopic (exact) mass is 389 g/mol. The topological polar surface area (TPSA) is 71.1 Å². The fourth-order valence-corrected chi connectivity index (χ4v) is 3.43. The number of carbonyl (C=O) groups is 2. The van der Waals surface area contributed by atoms with E-state index >= 15 is 0 Å². The zero-order chi connectivity index (χ0) is 16.4. The van der Waals surface area contributed by atoms with Gasteiger partial charge in [-0.1, -0.05) is 23.5 Å². The van der Waals surface area contributed by atoms with Crippen molar-refractivity contribution in [3.05, 3.63) is 52.5 Å². The number of nitrogens with one attached hydrogen (secondary N) is 2. The predicted molar refractivity (Wildman–Crippen MR) is 96.0 cm³/mol. The number of fused-ring (bicyclic) bond motifs is 1. The Kier molecular flexibility index (Phi) is 4.40. The van der Waals surface area contributed by atoms with Gasteiger partial charge in [-0.05, 0) is 46.3 Å². The molecule has 0 saturated heterocycles. The maximum Gasteiger partial charge on any atom is 0.258 e. The molecule has 0 bridgehead atoms. The quantitative estimate of drug-likeness (QED) is 0.702. The van der Waals surface area contributed by atoms with Crippen molar-refractivity contribution in [3.8, 4) is 0 Å². The van der Waals surface area contributed by atoms with Crippen molar-refractivity contribution in [3.63, 3.8) is 0 Å². The van der Waals surface area contributed by atoms with Crippen molar-refractivity contribution in [1.29, 1.82) is 0 Å². The first-order chi connectivity index (χ1) is 11.0. The molecule has 0 atom stereocenters. The van der Waals surface area contributed by atoms with Gasteiger partial charge in [-0.3, -0.25) is 14.9 Å². The van der Waals surface area contributed by atoms with Crippen molar-refractivity contribution >= 4 is 60.1 Å². The first-order valence-corrected chi connectivity index (χ1v) is 8.38. The van der Waals surface area contributed by atoms with Gasteiger partial charge in [-0.25, -0.2) is 4.98 Å². The van der Waals surface area contributed by atoms with Crippen molar-refractivity contribution in [2.75, 3.05) is 10.6 Å². The van der Waals surface area contributed by atoms with E-state index in [4.69, 9.17) is 0 Å². The third-order valence-corrected chi connectivity index (χ3v) is 4.67. The molecule has 0 unspecified atom stereocenters. The highest BCUT2D eigenvalue weighted by molar-refractivity contribution is 9.10. The van der Waals surface area contributed by atoms with E-state index < -0.39 is 0 Å². The average molecular weight is 390 g/mol. The maximum atomic E-state index is 12.3. The van der Waals surface area contributed by atoms with Gasteiger partial charge in [0.05, 0.1) is 15.8 Å². The molecular formula is C16H12BrN3O2S. The first kappa shape index (κ1) is 15.6. The Labute approximate surface area is 144 Å². The van der Waals surface area contributed by atoms with Crippen LogP contribution in [0.2, 0.25) is 0 Å². The van der Waals surface area contributed by atoms with Crippen LogP contribution in [0.4, 0.5) is 10.8 Å². The number of nitrogens with zero attached hydrogens (tertiary/aromatic N) is 1. The summed E-state index contributed by atoms with van der Waals surface area (Å²) in [7, 11) is 0. The van der Waals surface area contributed by atoms with Crippen LogP contribution < -0.4 is 10.6 Å². The lowest BCUT2D eigenvalue weighted by Crippen LogP contribution is -2.12. The Balaban J connectivity index is 1.85. The average Bonchev–Trinajstić information content (AvgIpc) is 2.88. The molecule has 7 heteroatoms. The van der Waals surface area contributed by atoms with Crippen LogP contribution in [0.3, 0.4) is 0 Å². The summed E-state index contributed by atoms with van der Waals surface area (Å²) in [5.74, 6) is -0.352. The van der Waals surface area contributed by atoms with E-state index in [1.165, 1.54) is 18.3 Å². The zero-order valence-corrected chi connectivity index (χ0v) is 14.5. The van der Waals surface area contributed by atoms with E-state index in [9.17, 15) is 9.59 Å². The molecule has 116 valence electrons. The van der Waals surface area contributed by atoms with E-state index in [1.54, 1.807) is 18.2 Å². The van der Waals surface area contributed by atoms with E-state index in [0.717, 1.165) is 14.7 Å². The maximum absolute atomic E-state index is 12.3. The molecule has 0 aliphatic carbocycles. The summed E-state index contributed by atoms with van der Waals surface area (Å²) in [5.41, 5.74) is 2.02. The lowest BCUT2D eigenvalue weighted by molar-refractivity contribution is -0.114. The standard InChI is InChI=1S/C16H12BrN3O2S/c1-9(21)18-10-6-7-13-14(8-10)23-16(19-13)20-15(22)11-4-2-3-5-12(11)17/h2-8H,1H3,(H,18,21)(H,19,20,22). The van der Waals surface area contributed by atoms with Crippen LogP contribution >= 0.6 is 27.3 Å². The molecule has 3 aromatic rings. The fourth-order valence-electron chi connectivity index (χ4n) is 2.07. The summed E-state index contributed by atoms with van der Waals surface area (Å²) in [6.45, 7) is 1.46. The van der Waals surface area contributed by atoms with Gasteiger partial charge >= 0.3 is 0 Å². The Bertz CT molecular complexity index is 907. The lowest BCUT2D eigenvalue weighted by Gasteiger charge is -2.03. The van der Waals surface area contributed by atoms with Crippen molar-refractivity contribution in [1.82, 2.24) is 4.98 Å². The van der Waals surface area contributed by atoms with E-state index in [-0.39, 0.29) is 11.8 Å². The number of hydrogen-bond donors (Lipinski definition) is 2. The molecule has 23 heavy (non-hydrogen) atoms. The summed E-state index contributed by atoms with van der Waals surface area (Å²) in [5, 5.41) is 6.04. The minimum absolute atomic E-state index is 0.128.